The van der Waals surface area contributed by atoms with E-state index in [0.29, 0.717) is 47.0 Å². The Morgan fingerprint density at radius 1 is 1.11 bits per heavy atom. The summed E-state index contributed by atoms with van der Waals surface area (Å²) in [6.07, 6.45) is 0.410. The van der Waals surface area contributed by atoms with Gasteiger partial charge < -0.3 is 24.5 Å². The fourth-order valence-corrected chi connectivity index (χ4v) is 3.00. The Bertz CT molecular complexity index is 855. The summed E-state index contributed by atoms with van der Waals surface area (Å²) in [5, 5.41) is 2.88. The highest BCUT2D eigenvalue weighted by atomic mass is 16.5. The van der Waals surface area contributed by atoms with E-state index in [2.05, 4.69) is 10.3 Å². The zero-order valence-electron chi connectivity index (χ0n) is 17.3. The van der Waals surface area contributed by atoms with E-state index in [1.807, 2.05) is 18.2 Å². The van der Waals surface area contributed by atoms with Gasteiger partial charge in [0.25, 0.3) is 5.91 Å². The van der Waals surface area contributed by atoms with Crippen molar-refractivity contribution in [2.75, 3.05) is 20.8 Å². The summed E-state index contributed by atoms with van der Waals surface area (Å²) in [4.78, 5) is 27.8. The van der Waals surface area contributed by atoms with Crippen molar-refractivity contribution in [2.24, 2.45) is 0 Å². The standard InChI is InChI=1S/C21H28N2O5/c1-12(2)28-21(25)18-13(3)19(23-14(18)4)20(24)22-10-9-15-7-8-16(26-5)17(11-15)27-6/h7-8,11-12,23H,9-10H2,1-6H3,(H,22,24). The topological polar surface area (TPSA) is 89.7 Å². The first-order valence-corrected chi connectivity index (χ1v) is 9.17. The number of rotatable bonds is 8. The van der Waals surface area contributed by atoms with Gasteiger partial charge in [-0.15, -0.1) is 0 Å². The van der Waals surface area contributed by atoms with Gasteiger partial charge >= 0.3 is 5.97 Å². The van der Waals surface area contributed by atoms with Gasteiger partial charge in [0.1, 0.15) is 5.69 Å². The van der Waals surface area contributed by atoms with Crippen LogP contribution in [0.2, 0.25) is 0 Å². The molecule has 2 N–H and O–H groups in total. The molecule has 1 heterocycles. The molecule has 1 aromatic heterocycles. The van der Waals surface area contributed by atoms with Gasteiger partial charge in [0.05, 0.1) is 25.9 Å². The number of aryl methyl sites for hydroxylation is 1. The maximum absolute atomic E-state index is 12.6. The lowest BCUT2D eigenvalue weighted by molar-refractivity contribution is 0.0376. The average Bonchev–Trinajstić information content (AvgIpc) is 2.95. The maximum atomic E-state index is 12.6. The molecule has 152 valence electrons. The Balaban J connectivity index is 2.03. The third-order valence-electron chi connectivity index (χ3n) is 4.36. The normalized spacial score (nSPS) is 10.7. The largest absolute Gasteiger partial charge is 0.493 e. The second-order valence-electron chi connectivity index (χ2n) is 6.77. The first-order valence-electron chi connectivity index (χ1n) is 9.17. The van der Waals surface area contributed by atoms with Gasteiger partial charge in [-0.25, -0.2) is 4.79 Å². The zero-order chi connectivity index (χ0) is 20.8. The molecule has 2 aromatic rings. The summed E-state index contributed by atoms with van der Waals surface area (Å²) < 4.78 is 15.8. The average molecular weight is 388 g/mol. The Morgan fingerprint density at radius 2 is 1.79 bits per heavy atom. The van der Waals surface area contributed by atoms with Crippen molar-refractivity contribution in [3.05, 3.63) is 46.3 Å². The Labute approximate surface area is 165 Å². The molecule has 0 aliphatic carbocycles. The molecule has 0 aliphatic heterocycles. The molecule has 0 atom stereocenters. The molecule has 0 saturated carbocycles. The molecule has 0 bridgehead atoms. The number of esters is 1. The quantitative estimate of drug-likeness (QED) is 0.678. The van der Waals surface area contributed by atoms with Crippen molar-refractivity contribution in [1.29, 1.82) is 0 Å². The van der Waals surface area contributed by atoms with Crippen molar-refractivity contribution in [1.82, 2.24) is 10.3 Å². The van der Waals surface area contributed by atoms with Gasteiger partial charge in [-0.2, -0.15) is 0 Å². The van der Waals surface area contributed by atoms with Gasteiger partial charge in [0.15, 0.2) is 11.5 Å². The Hall–Kier alpha value is -2.96. The Kier molecular flexibility index (Phi) is 7.09. The number of aromatic nitrogens is 1. The number of carbonyl (C=O) groups is 2. The molecule has 1 aromatic carbocycles. The summed E-state index contributed by atoms with van der Waals surface area (Å²) in [6, 6.07) is 5.65. The molecule has 1 amide bonds. The van der Waals surface area contributed by atoms with E-state index in [4.69, 9.17) is 14.2 Å². The van der Waals surface area contributed by atoms with Gasteiger partial charge in [-0.1, -0.05) is 6.07 Å². The molecule has 0 aliphatic rings. The van der Waals surface area contributed by atoms with E-state index in [1.54, 1.807) is 41.9 Å². The molecule has 7 heteroatoms. The predicted octanol–water partition coefficient (Wildman–Crippen LogP) is 3.19. The number of ether oxygens (including phenoxy) is 3. The number of methoxy groups -OCH3 is 2. The number of H-pyrrole nitrogens is 1. The summed E-state index contributed by atoms with van der Waals surface area (Å²) in [5.41, 5.74) is 3.01. The second kappa shape index (κ2) is 9.30. The summed E-state index contributed by atoms with van der Waals surface area (Å²) in [5.74, 6) is 0.624. The number of benzene rings is 1. The lowest BCUT2D eigenvalue weighted by Crippen LogP contribution is -2.26. The number of nitrogens with one attached hydrogen (secondary N) is 2. The van der Waals surface area contributed by atoms with Crippen LogP contribution in [-0.2, 0) is 11.2 Å². The lowest BCUT2D eigenvalue weighted by Gasteiger charge is -2.10. The third kappa shape index (κ3) is 4.85. The second-order valence-corrected chi connectivity index (χ2v) is 6.77. The first kappa shape index (κ1) is 21.3. The lowest BCUT2D eigenvalue weighted by atomic mass is 10.1. The van der Waals surface area contributed by atoms with Crippen molar-refractivity contribution in [3.8, 4) is 11.5 Å². The third-order valence-corrected chi connectivity index (χ3v) is 4.36. The van der Waals surface area contributed by atoms with E-state index < -0.39 is 5.97 Å². The predicted molar refractivity (Wildman–Crippen MR) is 106 cm³/mol. The highest BCUT2D eigenvalue weighted by molar-refractivity contribution is 6.00. The minimum Gasteiger partial charge on any atom is -0.493 e. The summed E-state index contributed by atoms with van der Waals surface area (Å²) in [6.45, 7) is 7.51. The van der Waals surface area contributed by atoms with E-state index >= 15 is 0 Å². The van der Waals surface area contributed by atoms with Gasteiger partial charge in [0, 0.05) is 12.2 Å². The van der Waals surface area contributed by atoms with Crippen LogP contribution in [0.4, 0.5) is 0 Å². The molecule has 0 fully saturated rings. The number of hydrogen-bond donors (Lipinski definition) is 2. The van der Waals surface area contributed by atoms with Crippen molar-refractivity contribution >= 4 is 11.9 Å². The smallest absolute Gasteiger partial charge is 0.340 e. The number of hydrogen-bond acceptors (Lipinski definition) is 5. The number of aromatic amines is 1. The monoisotopic (exact) mass is 388 g/mol. The molecule has 7 nitrogen and oxygen atoms in total. The van der Waals surface area contributed by atoms with E-state index in [-0.39, 0.29) is 12.0 Å². The van der Waals surface area contributed by atoms with Gasteiger partial charge in [0.2, 0.25) is 0 Å². The van der Waals surface area contributed by atoms with Crippen LogP contribution in [0.25, 0.3) is 0 Å². The van der Waals surface area contributed by atoms with Crippen LogP contribution in [0.15, 0.2) is 18.2 Å². The highest BCUT2D eigenvalue weighted by Crippen LogP contribution is 2.27. The first-order chi connectivity index (χ1) is 13.3. The molecule has 0 radical (unpaired) electrons. The molecule has 0 saturated heterocycles. The van der Waals surface area contributed by atoms with E-state index in [1.165, 1.54) is 0 Å². The van der Waals surface area contributed by atoms with Crippen LogP contribution >= 0.6 is 0 Å². The molecule has 28 heavy (non-hydrogen) atoms. The minimum atomic E-state index is -0.425. The van der Waals surface area contributed by atoms with Crippen LogP contribution in [-0.4, -0.2) is 43.7 Å². The molecule has 0 unspecified atom stereocenters. The van der Waals surface area contributed by atoms with Crippen LogP contribution in [0.5, 0.6) is 11.5 Å². The van der Waals surface area contributed by atoms with Crippen LogP contribution in [0, 0.1) is 13.8 Å². The SMILES string of the molecule is COc1ccc(CCNC(=O)c2[nH]c(C)c(C(=O)OC(C)C)c2C)cc1OC. The maximum Gasteiger partial charge on any atom is 0.340 e. The molecule has 0 spiro atoms. The molecular formula is C21H28N2O5. The fraction of sp³-hybridized carbons (Fsp3) is 0.429. The summed E-state index contributed by atoms with van der Waals surface area (Å²) >= 11 is 0. The number of carbonyl (C=O) groups excluding carboxylic acids is 2. The van der Waals surface area contributed by atoms with Crippen LogP contribution in [0.1, 0.15) is 51.5 Å². The Morgan fingerprint density at radius 3 is 2.39 bits per heavy atom. The highest BCUT2D eigenvalue weighted by Gasteiger charge is 2.23. The summed E-state index contributed by atoms with van der Waals surface area (Å²) in [7, 11) is 3.17. The fourth-order valence-electron chi connectivity index (χ4n) is 3.00. The van der Waals surface area contributed by atoms with E-state index in [0.717, 1.165) is 5.56 Å². The van der Waals surface area contributed by atoms with Crippen LogP contribution in [0.3, 0.4) is 0 Å². The van der Waals surface area contributed by atoms with Gasteiger partial charge in [-0.05, 0) is 57.4 Å². The van der Waals surface area contributed by atoms with Gasteiger partial charge in [-0.3, -0.25) is 4.79 Å². The zero-order valence-corrected chi connectivity index (χ0v) is 17.3. The van der Waals surface area contributed by atoms with Crippen LogP contribution < -0.4 is 14.8 Å². The van der Waals surface area contributed by atoms with Crippen molar-refractivity contribution in [2.45, 2.75) is 40.2 Å². The van der Waals surface area contributed by atoms with E-state index in [9.17, 15) is 9.59 Å². The number of amides is 1. The van der Waals surface area contributed by atoms with Crippen molar-refractivity contribution < 1.29 is 23.8 Å². The molecule has 2 rings (SSSR count). The van der Waals surface area contributed by atoms with Crippen molar-refractivity contribution in [3.63, 3.8) is 0 Å². The molecular weight excluding hydrogens is 360 g/mol. The minimum absolute atomic E-state index is 0.222.